The third-order valence-electron chi connectivity index (χ3n) is 5.26. The Labute approximate surface area is 201 Å². The number of amides is 1. The van der Waals surface area contributed by atoms with E-state index in [0.29, 0.717) is 38.1 Å². The highest BCUT2D eigenvalue weighted by Gasteiger charge is 2.24. The Morgan fingerprint density at radius 1 is 1.23 bits per heavy atom. The number of nitrogens with zero attached hydrogens (tertiary/aromatic N) is 4. The molecule has 1 amide bonds. The second kappa shape index (κ2) is 10.3. The average molecular weight is 506 g/mol. The third kappa shape index (κ3) is 5.20. The van der Waals surface area contributed by atoms with Crippen LogP contribution in [0.3, 0.4) is 0 Å². The van der Waals surface area contributed by atoms with Crippen LogP contribution < -0.4 is 9.70 Å². The molecule has 0 spiro atoms. The highest BCUT2D eigenvalue weighted by atomic mass is 32.1. The lowest BCUT2D eigenvalue weighted by Crippen LogP contribution is -2.36. The maximum absolute atomic E-state index is 14.6. The van der Waals surface area contributed by atoms with Crippen molar-refractivity contribution in [1.82, 2.24) is 4.57 Å². The van der Waals surface area contributed by atoms with Crippen molar-refractivity contribution in [3.63, 3.8) is 0 Å². The molecule has 0 bridgehead atoms. The molecular formula is C22H20F2N4O6S. The van der Waals surface area contributed by atoms with Crippen LogP contribution in [0.15, 0.2) is 35.3 Å². The van der Waals surface area contributed by atoms with E-state index in [-0.39, 0.29) is 32.9 Å². The highest BCUT2D eigenvalue weighted by molar-refractivity contribution is 7.16. The number of aromatic nitrogens is 1. The Hall–Kier alpha value is -3.71. The van der Waals surface area contributed by atoms with Crippen LogP contribution in [0.2, 0.25) is 0 Å². The molecule has 0 unspecified atom stereocenters. The predicted octanol–water partition coefficient (Wildman–Crippen LogP) is 3.03. The SMILES string of the molecule is CCOC(=O)Cn1c(=NC(=O)c2ccc(N3CCOCC3)c([N+](=O)[O-])c2)sc2cc(F)cc(F)c21. The molecule has 1 aliphatic heterocycles. The summed E-state index contributed by atoms with van der Waals surface area (Å²) in [5.74, 6) is -3.30. The molecule has 2 heterocycles. The summed E-state index contributed by atoms with van der Waals surface area (Å²) in [4.78, 5) is 41.9. The first-order valence-electron chi connectivity index (χ1n) is 10.6. The zero-order valence-corrected chi connectivity index (χ0v) is 19.3. The van der Waals surface area contributed by atoms with Crippen molar-refractivity contribution in [3.05, 3.63) is 62.4 Å². The predicted molar refractivity (Wildman–Crippen MR) is 122 cm³/mol. The van der Waals surface area contributed by atoms with Gasteiger partial charge in [0.2, 0.25) is 0 Å². The number of thiazole rings is 1. The number of nitro benzene ring substituents is 1. The van der Waals surface area contributed by atoms with Gasteiger partial charge in [-0.1, -0.05) is 11.3 Å². The molecule has 10 nitrogen and oxygen atoms in total. The van der Waals surface area contributed by atoms with Gasteiger partial charge in [0.1, 0.15) is 18.0 Å². The minimum Gasteiger partial charge on any atom is -0.465 e. The second-order valence-corrected chi connectivity index (χ2v) is 8.50. The number of hydrogen-bond donors (Lipinski definition) is 0. The first kappa shape index (κ1) is 24.4. The molecule has 35 heavy (non-hydrogen) atoms. The lowest BCUT2D eigenvalue weighted by molar-refractivity contribution is -0.384. The largest absolute Gasteiger partial charge is 0.465 e. The van der Waals surface area contributed by atoms with E-state index in [1.807, 2.05) is 0 Å². The van der Waals surface area contributed by atoms with Gasteiger partial charge >= 0.3 is 5.97 Å². The summed E-state index contributed by atoms with van der Waals surface area (Å²) >= 11 is 0.803. The Bertz CT molecular complexity index is 1380. The molecule has 2 aromatic carbocycles. The van der Waals surface area contributed by atoms with E-state index >= 15 is 0 Å². The summed E-state index contributed by atoms with van der Waals surface area (Å²) in [5.41, 5.74) is -0.0893. The number of nitro groups is 1. The Balaban J connectivity index is 1.78. The molecule has 0 radical (unpaired) electrons. The van der Waals surface area contributed by atoms with Crippen molar-refractivity contribution in [1.29, 1.82) is 0 Å². The van der Waals surface area contributed by atoms with Gasteiger partial charge in [0, 0.05) is 30.8 Å². The minimum atomic E-state index is -0.931. The Morgan fingerprint density at radius 3 is 2.66 bits per heavy atom. The van der Waals surface area contributed by atoms with Crippen LogP contribution in [0.25, 0.3) is 10.2 Å². The molecule has 0 N–H and O–H groups in total. The fraction of sp³-hybridized carbons (Fsp3) is 0.318. The van der Waals surface area contributed by atoms with E-state index in [1.54, 1.807) is 11.8 Å². The van der Waals surface area contributed by atoms with E-state index in [0.717, 1.165) is 28.0 Å². The summed E-state index contributed by atoms with van der Waals surface area (Å²) in [6.45, 7) is 3.02. The summed E-state index contributed by atoms with van der Waals surface area (Å²) < 4.78 is 39.8. The summed E-state index contributed by atoms with van der Waals surface area (Å²) in [6, 6.07) is 5.73. The number of anilines is 1. The highest BCUT2D eigenvalue weighted by Crippen LogP contribution is 2.30. The first-order chi connectivity index (χ1) is 16.8. The molecule has 1 aromatic heterocycles. The number of rotatable bonds is 6. The zero-order chi connectivity index (χ0) is 25.1. The fourth-order valence-corrected chi connectivity index (χ4v) is 4.79. The first-order valence-corrected chi connectivity index (χ1v) is 11.4. The Morgan fingerprint density at radius 2 is 1.97 bits per heavy atom. The summed E-state index contributed by atoms with van der Waals surface area (Å²) in [6.07, 6.45) is 0. The number of fused-ring (bicyclic) bond motifs is 1. The van der Waals surface area contributed by atoms with Gasteiger partial charge in [-0.15, -0.1) is 0 Å². The van der Waals surface area contributed by atoms with Crippen LogP contribution in [-0.4, -0.2) is 54.3 Å². The van der Waals surface area contributed by atoms with Crippen molar-refractivity contribution in [2.24, 2.45) is 4.99 Å². The lowest BCUT2D eigenvalue weighted by atomic mass is 10.1. The van der Waals surface area contributed by atoms with Crippen LogP contribution >= 0.6 is 11.3 Å². The lowest BCUT2D eigenvalue weighted by Gasteiger charge is -2.28. The van der Waals surface area contributed by atoms with Crippen molar-refractivity contribution in [3.8, 4) is 0 Å². The van der Waals surface area contributed by atoms with E-state index in [1.165, 1.54) is 12.1 Å². The normalized spacial score (nSPS) is 14.4. The van der Waals surface area contributed by atoms with Crippen LogP contribution in [0.1, 0.15) is 17.3 Å². The topological polar surface area (TPSA) is 116 Å². The van der Waals surface area contributed by atoms with Crippen LogP contribution in [0.4, 0.5) is 20.2 Å². The maximum Gasteiger partial charge on any atom is 0.326 e. The van der Waals surface area contributed by atoms with E-state index < -0.39 is 35.0 Å². The smallest absolute Gasteiger partial charge is 0.326 e. The van der Waals surface area contributed by atoms with E-state index in [2.05, 4.69) is 4.99 Å². The summed E-state index contributed by atoms with van der Waals surface area (Å²) in [7, 11) is 0. The number of benzene rings is 2. The molecule has 0 atom stereocenters. The number of hydrogen-bond acceptors (Lipinski definition) is 8. The number of carbonyl (C=O) groups excluding carboxylic acids is 2. The molecule has 1 aliphatic rings. The number of carbonyl (C=O) groups is 2. The second-order valence-electron chi connectivity index (χ2n) is 7.49. The number of morpholine rings is 1. The number of esters is 1. The summed E-state index contributed by atoms with van der Waals surface area (Å²) in [5, 5.41) is 11.7. The minimum absolute atomic E-state index is 0.0690. The standard InChI is InChI=1S/C22H20F2N4O6S/c1-2-34-19(29)12-27-20-15(24)10-14(23)11-18(20)35-22(27)25-21(30)13-3-4-16(17(9-13)28(31)32)26-5-7-33-8-6-26/h3-4,9-11H,2,5-8,12H2,1H3. The number of ether oxygens (including phenoxy) is 2. The molecule has 184 valence electrons. The van der Waals surface area contributed by atoms with Gasteiger partial charge < -0.3 is 18.9 Å². The van der Waals surface area contributed by atoms with Crippen LogP contribution in [0.5, 0.6) is 0 Å². The van der Waals surface area contributed by atoms with Crippen molar-refractivity contribution in [2.75, 3.05) is 37.8 Å². The quantitative estimate of drug-likeness (QED) is 0.287. The van der Waals surface area contributed by atoms with Gasteiger partial charge in [0.15, 0.2) is 10.6 Å². The van der Waals surface area contributed by atoms with Gasteiger partial charge in [0.25, 0.3) is 11.6 Å². The molecule has 0 saturated carbocycles. The molecule has 1 saturated heterocycles. The molecular weight excluding hydrogens is 486 g/mol. The monoisotopic (exact) mass is 506 g/mol. The van der Waals surface area contributed by atoms with Crippen molar-refractivity contribution >= 4 is 44.8 Å². The van der Waals surface area contributed by atoms with Crippen LogP contribution in [-0.2, 0) is 20.8 Å². The van der Waals surface area contributed by atoms with Gasteiger partial charge in [-0.2, -0.15) is 4.99 Å². The maximum atomic E-state index is 14.6. The molecule has 3 aromatic rings. The van der Waals surface area contributed by atoms with Gasteiger partial charge in [0.05, 0.1) is 35.0 Å². The Kier molecular flexibility index (Phi) is 7.17. The van der Waals surface area contributed by atoms with E-state index in [9.17, 15) is 28.5 Å². The van der Waals surface area contributed by atoms with Gasteiger partial charge in [-0.25, -0.2) is 8.78 Å². The van der Waals surface area contributed by atoms with Crippen molar-refractivity contribution in [2.45, 2.75) is 13.5 Å². The average Bonchev–Trinajstić information content (AvgIpc) is 3.15. The van der Waals surface area contributed by atoms with Crippen LogP contribution in [0, 0.1) is 21.7 Å². The molecule has 4 rings (SSSR count). The molecule has 13 heteroatoms. The zero-order valence-electron chi connectivity index (χ0n) is 18.5. The van der Waals surface area contributed by atoms with E-state index in [4.69, 9.17) is 9.47 Å². The fourth-order valence-electron chi connectivity index (χ4n) is 3.72. The van der Waals surface area contributed by atoms with Crippen molar-refractivity contribution < 1.29 is 32.8 Å². The van der Waals surface area contributed by atoms with Gasteiger partial charge in [-0.3, -0.25) is 19.7 Å². The molecule has 1 fully saturated rings. The number of halogens is 2. The van der Waals surface area contributed by atoms with Gasteiger partial charge in [-0.05, 0) is 25.1 Å². The third-order valence-corrected chi connectivity index (χ3v) is 6.28. The molecule has 0 aliphatic carbocycles.